The number of rotatable bonds is 4. The predicted molar refractivity (Wildman–Crippen MR) is 84.5 cm³/mol. The third-order valence-corrected chi connectivity index (χ3v) is 3.15. The highest BCUT2D eigenvalue weighted by molar-refractivity contribution is 5.61. The van der Waals surface area contributed by atoms with Crippen molar-refractivity contribution in [2.45, 2.75) is 6.10 Å². The van der Waals surface area contributed by atoms with Gasteiger partial charge in [-0.3, -0.25) is 10.1 Å². The molecule has 0 aromatic heterocycles. The van der Waals surface area contributed by atoms with Crippen LogP contribution in [0.4, 0.5) is 5.69 Å². The van der Waals surface area contributed by atoms with Gasteiger partial charge < -0.3 is 14.6 Å². The zero-order valence-electron chi connectivity index (χ0n) is 12.6. The van der Waals surface area contributed by atoms with E-state index in [0.29, 0.717) is 5.56 Å². The maximum absolute atomic E-state index is 11.0. The Bertz CT molecular complexity index is 762. The quantitative estimate of drug-likeness (QED) is 0.533. The van der Waals surface area contributed by atoms with Crippen LogP contribution < -0.4 is 9.47 Å². The van der Waals surface area contributed by atoms with Crippen LogP contribution in [0.25, 0.3) is 0 Å². The van der Waals surface area contributed by atoms with Crippen molar-refractivity contribution in [3.05, 3.63) is 63.7 Å². The molecule has 0 amide bonds. The van der Waals surface area contributed by atoms with Gasteiger partial charge in [-0.1, -0.05) is 30.0 Å². The van der Waals surface area contributed by atoms with E-state index in [1.807, 2.05) is 30.3 Å². The minimum Gasteiger partial charge on any atom is -0.492 e. The van der Waals surface area contributed by atoms with Crippen LogP contribution in [-0.4, -0.2) is 24.2 Å². The molecule has 1 atom stereocenters. The van der Waals surface area contributed by atoms with Crippen LogP contribution in [0.5, 0.6) is 11.5 Å². The highest BCUT2D eigenvalue weighted by Crippen LogP contribution is 2.41. The van der Waals surface area contributed by atoms with Gasteiger partial charge in [-0.15, -0.1) is 0 Å². The predicted octanol–water partition coefficient (Wildman–Crippen LogP) is 2.70. The fourth-order valence-corrected chi connectivity index (χ4v) is 2.09. The molecule has 1 N–H and O–H groups in total. The zero-order chi connectivity index (χ0) is 16.8. The third kappa shape index (κ3) is 3.59. The molecule has 118 valence electrons. The van der Waals surface area contributed by atoms with Crippen molar-refractivity contribution >= 4 is 5.69 Å². The number of methoxy groups -OCH3 is 2. The first kappa shape index (κ1) is 16.3. The number of aliphatic hydroxyl groups excluding tert-OH is 1. The van der Waals surface area contributed by atoms with Crippen LogP contribution in [0.3, 0.4) is 0 Å². The van der Waals surface area contributed by atoms with E-state index in [0.717, 1.165) is 5.56 Å². The number of benzene rings is 2. The number of hydrogen-bond acceptors (Lipinski definition) is 5. The Balaban J connectivity index is 2.43. The molecular weight excluding hydrogens is 298 g/mol. The largest absolute Gasteiger partial charge is 0.492 e. The van der Waals surface area contributed by atoms with E-state index in [9.17, 15) is 15.2 Å². The van der Waals surface area contributed by atoms with Crippen molar-refractivity contribution in [2.24, 2.45) is 0 Å². The third-order valence-electron chi connectivity index (χ3n) is 3.15. The lowest BCUT2D eigenvalue weighted by molar-refractivity contribution is -0.385. The minimum atomic E-state index is -1.17. The summed E-state index contributed by atoms with van der Waals surface area (Å²) in [5, 5.41) is 21.3. The Morgan fingerprint density at radius 2 is 1.74 bits per heavy atom. The van der Waals surface area contributed by atoms with Crippen molar-refractivity contribution in [3.63, 3.8) is 0 Å². The number of hydrogen-bond donors (Lipinski definition) is 1. The van der Waals surface area contributed by atoms with E-state index in [1.165, 1.54) is 26.4 Å². The lowest BCUT2D eigenvalue weighted by atomic mass is 10.1. The second-order valence-electron chi connectivity index (χ2n) is 4.54. The number of ether oxygens (including phenoxy) is 2. The second-order valence-corrected chi connectivity index (χ2v) is 4.54. The summed E-state index contributed by atoms with van der Waals surface area (Å²) in [5.74, 6) is 5.58. The van der Waals surface area contributed by atoms with Crippen LogP contribution >= 0.6 is 0 Å². The van der Waals surface area contributed by atoms with Gasteiger partial charge in [-0.2, -0.15) is 0 Å². The Kier molecular flexibility index (Phi) is 5.18. The summed E-state index contributed by atoms with van der Waals surface area (Å²) < 4.78 is 10.2. The highest BCUT2D eigenvalue weighted by atomic mass is 16.6. The van der Waals surface area contributed by atoms with Crippen LogP contribution in [0.15, 0.2) is 42.5 Å². The lowest BCUT2D eigenvalue weighted by Gasteiger charge is -2.14. The van der Waals surface area contributed by atoms with Gasteiger partial charge in [0.1, 0.15) is 6.10 Å². The number of aliphatic hydroxyl groups is 1. The smallest absolute Gasteiger partial charge is 0.314 e. The molecule has 2 rings (SSSR count). The summed E-state index contributed by atoms with van der Waals surface area (Å²) in [4.78, 5) is 10.4. The summed E-state index contributed by atoms with van der Waals surface area (Å²) in [7, 11) is 2.65. The molecule has 0 aliphatic heterocycles. The molecule has 6 nitrogen and oxygen atoms in total. The van der Waals surface area contributed by atoms with Crippen molar-refractivity contribution in [3.8, 4) is 23.3 Å². The highest BCUT2D eigenvalue weighted by Gasteiger charge is 2.25. The molecule has 1 unspecified atom stereocenters. The molecule has 2 aromatic rings. The van der Waals surface area contributed by atoms with Gasteiger partial charge >= 0.3 is 5.69 Å². The van der Waals surface area contributed by atoms with Crippen LogP contribution in [0, 0.1) is 22.0 Å². The summed E-state index contributed by atoms with van der Waals surface area (Å²) in [6, 6.07) is 11.8. The molecule has 0 bridgehead atoms. The standard InChI is InChI=1S/C17H15NO5/c1-22-16-13(9-10-14(18(20)21)17(16)23-2)15(19)11-8-12-6-4-3-5-7-12/h3-7,9-10,15,19H,1-2H3. The van der Waals surface area contributed by atoms with E-state index in [2.05, 4.69) is 11.8 Å². The average Bonchev–Trinajstić information content (AvgIpc) is 2.58. The molecule has 6 heteroatoms. The summed E-state index contributed by atoms with van der Waals surface area (Å²) >= 11 is 0. The number of nitrogens with zero attached hydrogens (tertiary/aromatic N) is 1. The van der Waals surface area contributed by atoms with E-state index in [1.54, 1.807) is 0 Å². The molecule has 0 aliphatic carbocycles. The lowest BCUT2D eigenvalue weighted by Crippen LogP contribution is -2.03. The first-order chi connectivity index (χ1) is 11.1. The molecule has 0 aliphatic rings. The topological polar surface area (TPSA) is 81.8 Å². The van der Waals surface area contributed by atoms with Crippen molar-refractivity contribution in [1.29, 1.82) is 0 Å². The maximum Gasteiger partial charge on any atom is 0.314 e. The molecule has 0 radical (unpaired) electrons. The van der Waals surface area contributed by atoms with E-state index in [-0.39, 0.29) is 17.2 Å². The van der Waals surface area contributed by atoms with Crippen molar-refractivity contribution in [2.75, 3.05) is 14.2 Å². The van der Waals surface area contributed by atoms with Gasteiger partial charge in [0.15, 0.2) is 5.75 Å². The number of nitro benzene ring substituents is 1. The first-order valence-electron chi connectivity index (χ1n) is 6.72. The summed E-state index contributed by atoms with van der Waals surface area (Å²) in [5.41, 5.74) is 0.814. The molecule has 0 fully saturated rings. The summed E-state index contributed by atoms with van der Waals surface area (Å²) in [6.45, 7) is 0. The molecule has 2 aromatic carbocycles. The zero-order valence-corrected chi connectivity index (χ0v) is 12.6. The second kappa shape index (κ2) is 7.29. The van der Waals surface area contributed by atoms with Gasteiger partial charge in [0.2, 0.25) is 5.75 Å². The van der Waals surface area contributed by atoms with Crippen LogP contribution in [0.1, 0.15) is 17.2 Å². The Hall–Kier alpha value is -3.04. The Labute approximate surface area is 133 Å². The fourth-order valence-electron chi connectivity index (χ4n) is 2.09. The molecular formula is C17H15NO5. The van der Waals surface area contributed by atoms with E-state index >= 15 is 0 Å². The summed E-state index contributed by atoms with van der Waals surface area (Å²) in [6.07, 6.45) is -1.17. The molecule has 0 heterocycles. The molecule has 23 heavy (non-hydrogen) atoms. The SMILES string of the molecule is COc1c(C(O)C#Cc2ccccc2)ccc([N+](=O)[O-])c1OC. The maximum atomic E-state index is 11.0. The fraction of sp³-hybridized carbons (Fsp3) is 0.176. The minimum absolute atomic E-state index is 0.0458. The number of nitro groups is 1. The van der Waals surface area contributed by atoms with Crippen LogP contribution in [0.2, 0.25) is 0 Å². The van der Waals surface area contributed by atoms with Gasteiger partial charge in [0, 0.05) is 17.2 Å². The monoisotopic (exact) mass is 313 g/mol. The van der Waals surface area contributed by atoms with Gasteiger partial charge in [-0.25, -0.2) is 0 Å². The van der Waals surface area contributed by atoms with Gasteiger partial charge in [-0.05, 0) is 18.2 Å². The molecule has 0 saturated heterocycles. The van der Waals surface area contributed by atoms with Gasteiger partial charge in [0.05, 0.1) is 19.1 Å². The van der Waals surface area contributed by atoms with E-state index in [4.69, 9.17) is 9.47 Å². The first-order valence-corrected chi connectivity index (χ1v) is 6.72. The van der Waals surface area contributed by atoms with Crippen LogP contribution in [-0.2, 0) is 0 Å². The van der Waals surface area contributed by atoms with Gasteiger partial charge in [0.25, 0.3) is 0 Å². The van der Waals surface area contributed by atoms with Crippen molar-refractivity contribution < 1.29 is 19.5 Å². The van der Waals surface area contributed by atoms with Crippen molar-refractivity contribution in [1.82, 2.24) is 0 Å². The normalized spacial score (nSPS) is 11.1. The average molecular weight is 313 g/mol. The molecule has 0 saturated carbocycles. The molecule has 0 spiro atoms. The Morgan fingerprint density at radius 3 is 2.30 bits per heavy atom. The Morgan fingerprint density at radius 1 is 1.09 bits per heavy atom. The van der Waals surface area contributed by atoms with E-state index < -0.39 is 11.0 Å².